The number of hydrogen-bond acceptors (Lipinski definition) is 5. The molecule has 5 rings (SSSR count). The van der Waals surface area contributed by atoms with Gasteiger partial charge in [-0.25, -0.2) is 15.0 Å². The Hall–Kier alpha value is -3.16. The van der Waals surface area contributed by atoms with E-state index in [0.717, 1.165) is 22.2 Å². The highest BCUT2D eigenvalue weighted by molar-refractivity contribution is 6.35. The average Bonchev–Trinajstić information content (AvgIpc) is 3.43. The average molecular weight is 453 g/mol. The fourth-order valence-corrected chi connectivity index (χ4v) is 4.06. The van der Waals surface area contributed by atoms with Crippen LogP contribution in [0, 0.1) is 0 Å². The molecule has 1 aliphatic heterocycles. The van der Waals surface area contributed by atoms with Crippen LogP contribution in [0.25, 0.3) is 21.9 Å². The van der Waals surface area contributed by atoms with E-state index in [1.165, 1.54) is 6.33 Å². The van der Waals surface area contributed by atoms with Crippen molar-refractivity contribution in [3.8, 4) is 0 Å². The van der Waals surface area contributed by atoms with Crippen molar-refractivity contribution in [1.29, 1.82) is 0 Å². The molecule has 1 aliphatic rings. The predicted molar refractivity (Wildman–Crippen MR) is 123 cm³/mol. The summed E-state index contributed by atoms with van der Waals surface area (Å²) < 4.78 is 0. The number of aromatic nitrogens is 4. The number of aromatic amines is 1. The van der Waals surface area contributed by atoms with Gasteiger partial charge in [-0.15, -0.1) is 0 Å². The maximum atomic E-state index is 12.8. The van der Waals surface area contributed by atoms with Crippen LogP contribution in [0.4, 0.5) is 5.82 Å². The molecule has 2 N–H and O–H groups in total. The quantitative estimate of drug-likeness (QED) is 0.425. The zero-order valence-electron chi connectivity index (χ0n) is 16.6. The van der Waals surface area contributed by atoms with E-state index in [1.807, 2.05) is 37.3 Å². The van der Waals surface area contributed by atoms with Crippen LogP contribution in [0.5, 0.6) is 0 Å². The molecule has 9 heteroatoms. The van der Waals surface area contributed by atoms with Crippen molar-refractivity contribution in [3.05, 3.63) is 70.2 Å². The maximum Gasteiger partial charge on any atom is 0.256 e. The molecule has 156 valence electrons. The number of hydrogen-bond donors (Lipinski definition) is 2. The van der Waals surface area contributed by atoms with Gasteiger partial charge in [-0.2, -0.15) is 0 Å². The molecule has 0 saturated heterocycles. The Morgan fingerprint density at radius 3 is 2.74 bits per heavy atom. The highest BCUT2D eigenvalue weighted by Gasteiger charge is 2.21. The van der Waals surface area contributed by atoms with Crippen LogP contribution in [0.2, 0.25) is 10.0 Å². The van der Waals surface area contributed by atoms with Gasteiger partial charge in [0.05, 0.1) is 33.2 Å². The smallest absolute Gasteiger partial charge is 0.256 e. The van der Waals surface area contributed by atoms with E-state index in [0.29, 0.717) is 40.0 Å². The van der Waals surface area contributed by atoms with Crippen LogP contribution in [0.3, 0.4) is 0 Å². The van der Waals surface area contributed by atoms with E-state index in [1.54, 1.807) is 17.0 Å². The minimum absolute atomic E-state index is 0.112. The third kappa shape index (κ3) is 3.71. The lowest BCUT2D eigenvalue weighted by atomic mass is 10.1. The standard InChI is InChI=1S/C22H18Cl2N6O/c1-12(20-28-17-5-4-13(23)8-19(17)29-20)27-21-15-9-16(24)14(10-18(15)25-11-26-21)22(31)30-6-2-3-7-30/h2-5,8-12H,6-7H2,1H3,(H,28,29)(H,25,26,27)/t12-/m0/s1. The van der Waals surface area contributed by atoms with Crippen LogP contribution in [0.1, 0.15) is 29.1 Å². The number of imidazole rings is 1. The molecule has 7 nitrogen and oxygen atoms in total. The number of fused-ring (bicyclic) bond motifs is 2. The zero-order valence-corrected chi connectivity index (χ0v) is 18.1. The first kappa shape index (κ1) is 19.8. The van der Waals surface area contributed by atoms with Gasteiger partial charge in [0, 0.05) is 23.5 Å². The molecule has 0 aliphatic carbocycles. The summed E-state index contributed by atoms with van der Waals surface area (Å²) in [6, 6.07) is 8.83. The number of halogens is 2. The highest BCUT2D eigenvalue weighted by Crippen LogP contribution is 2.30. The molecule has 31 heavy (non-hydrogen) atoms. The predicted octanol–water partition coefficient (Wildman–Crippen LogP) is 5.00. The summed E-state index contributed by atoms with van der Waals surface area (Å²) in [5, 5.41) is 5.10. The molecule has 0 saturated carbocycles. The second-order valence-corrected chi connectivity index (χ2v) is 8.25. The van der Waals surface area contributed by atoms with E-state index in [-0.39, 0.29) is 11.9 Å². The first-order valence-electron chi connectivity index (χ1n) is 9.80. The Labute approximate surface area is 188 Å². The number of rotatable bonds is 4. The number of carbonyl (C=O) groups excluding carboxylic acids is 1. The highest BCUT2D eigenvalue weighted by atomic mass is 35.5. The third-order valence-corrected chi connectivity index (χ3v) is 5.83. The molecular weight excluding hydrogens is 435 g/mol. The molecule has 0 bridgehead atoms. The van der Waals surface area contributed by atoms with Crippen molar-refractivity contribution in [3.63, 3.8) is 0 Å². The van der Waals surface area contributed by atoms with Crippen LogP contribution in [-0.4, -0.2) is 43.8 Å². The van der Waals surface area contributed by atoms with Gasteiger partial charge in [-0.05, 0) is 37.3 Å². The number of carbonyl (C=O) groups is 1. The minimum atomic E-state index is -0.167. The van der Waals surface area contributed by atoms with Gasteiger partial charge in [0.2, 0.25) is 0 Å². The number of amides is 1. The zero-order chi connectivity index (χ0) is 21.5. The molecule has 0 spiro atoms. The molecule has 1 amide bonds. The van der Waals surface area contributed by atoms with Crippen molar-refractivity contribution < 1.29 is 4.79 Å². The summed E-state index contributed by atoms with van der Waals surface area (Å²) in [5.41, 5.74) is 2.78. The first-order valence-corrected chi connectivity index (χ1v) is 10.6. The largest absolute Gasteiger partial charge is 0.360 e. The third-order valence-electron chi connectivity index (χ3n) is 5.29. The van der Waals surface area contributed by atoms with Crippen LogP contribution >= 0.6 is 23.2 Å². The van der Waals surface area contributed by atoms with Crippen LogP contribution in [0.15, 0.2) is 48.8 Å². The lowest BCUT2D eigenvalue weighted by Gasteiger charge is -2.17. The summed E-state index contributed by atoms with van der Waals surface area (Å²) in [4.78, 5) is 31.2. The Bertz CT molecular complexity index is 1340. The second kappa shape index (κ2) is 7.83. The number of anilines is 1. The Morgan fingerprint density at radius 2 is 1.94 bits per heavy atom. The normalized spacial score (nSPS) is 14.5. The van der Waals surface area contributed by atoms with Crippen LogP contribution < -0.4 is 5.32 Å². The molecular formula is C22H18Cl2N6O. The van der Waals surface area contributed by atoms with Gasteiger partial charge in [-0.1, -0.05) is 35.4 Å². The van der Waals surface area contributed by atoms with Gasteiger partial charge in [-0.3, -0.25) is 4.79 Å². The van der Waals surface area contributed by atoms with Crippen molar-refractivity contribution in [2.45, 2.75) is 13.0 Å². The minimum Gasteiger partial charge on any atom is -0.360 e. The topological polar surface area (TPSA) is 86.8 Å². The molecule has 3 heterocycles. The van der Waals surface area contributed by atoms with Gasteiger partial charge in [0.25, 0.3) is 5.91 Å². The monoisotopic (exact) mass is 452 g/mol. The Morgan fingerprint density at radius 1 is 1.13 bits per heavy atom. The van der Waals surface area contributed by atoms with E-state index in [4.69, 9.17) is 23.2 Å². The Balaban J connectivity index is 1.46. The fraction of sp³-hybridized carbons (Fsp3) is 0.182. The summed E-state index contributed by atoms with van der Waals surface area (Å²) in [7, 11) is 0. The molecule has 4 aromatic rings. The first-order chi connectivity index (χ1) is 15.0. The molecule has 2 aromatic heterocycles. The summed E-state index contributed by atoms with van der Waals surface area (Å²) in [6.07, 6.45) is 5.39. The van der Waals surface area contributed by atoms with Gasteiger partial charge < -0.3 is 15.2 Å². The summed E-state index contributed by atoms with van der Waals surface area (Å²) in [6.45, 7) is 3.15. The number of nitrogens with one attached hydrogen (secondary N) is 2. The summed E-state index contributed by atoms with van der Waals surface area (Å²) in [5.74, 6) is 1.25. The lowest BCUT2D eigenvalue weighted by Crippen LogP contribution is -2.28. The van der Waals surface area contributed by atoms with Gasteiger partial charge in [0.15, 0.2) is 0 Å². The van der Waals surface area contributed by atoms with Crippen molar-refractivity contribution in [2.24, 2.45) is 0 Å². The van der Waals surface area contributed by atoms with Crippen molar-refractivity contribution in [2.75, 3.05) is 18.4 Å². The number of benzene rings is 2. The fourth-order valence-electron chi connectivity index (χ4n) is 3.65. The molecule has 2 aromatic carbocycles. The second-order valence-electron chi connectivity index (χ2n) is 7.40. The Kier molecular flexibility index (Phi) is 5.00. The van der Waals surface area contributed by atoms with E-state index in [9.17, 15) is 4.79 Å². The molecule has 1 atom stereocenters. The van der Waals surface area contributed by atoms with E-state index >= 15 is 0 Å². The number of nitrogens with zero attached hydrogens (tertiary/aromatic N) is 4. The molecule has 0 unspecified atom stereocenters. The molecule has 0 fully saturated rings. The van der Waals surface area contributed by atoms with Gasteiger partial charge >= 0.3 is 0 Å². The van der Waals surface area contributed by atoms with Gasteiger partial charge in [0.1, 0.15) is 18.0 Å². The lowest BCUT2D eigenvalue weighted by molar-refractivity contribution is 0.0800. The SMILES string of the molecule is C[C@H](Nc1ncnc2cc(C(=O)N3CC=CC3)c(Cl)cc12)c1nc2cc(Cl)ccc2[nH]1. The van der Waals surface area contributed by atoms with E-state index < -0.39 is 0 Å². The summed E-state index contributed by atoms with van der Waals surface area (Å²) >= 11 is 12.6. The molecule has 0 radical (unpaired) electrons. The number of H-pyrrole nitrogens is 1. The van der Waals surface area contributed by atoms with Crippen LogP contribution in [-0.2, 0) is 0 Å². The van der Waals surface area contributed by atoms with E-state index in [2.05, 4.69) is 25.3 Å². The van der Waals surface area contributed by atoms with Crippen molar-refractivity contribution >= 4 is 56.9 Å². The van der Waals surface area contributed by atoms with Crippen molar-refractivity contribution in [1.82, 2.24) is 24.8 Å². The maximum absolute atomic E-state index is 12.8.